The Morgan fingerprint density at radius 2 is 2.21 bits per heavy atom. The molecular formula is C15H15N3O. The molecule has 96 valence electrons. The quantitative estimate of drug-likeness (QED) is 0.844. The van der Waals surface area contributed by atoms with Gasteiger partial charge in [0.25, 0.3) is 5.91 Å². The molecule has 2 aromatic rings. The van der Waals surface area contributed by atoms with Gasteiger partial charge in [-0.25, -0.2) is 0 Å². The van der Waals surface area contributed by atoms with Crippen LogP contribution in [-0.4, -0.2) is 29.4 Å². The highest BCUT2D eigenvalue weighted by Gasteiger charge is 2.16. The zero-order valence-electron chi connectivity index (χ0n) is 11.0. The number of nitriles is 1. The number of benzene rings is 1. The molecule has 0 radical (unpaired) electrons. The van der Waals surface area contributed by atoms with Gasteiger partial charge in [0, 0.05) is 30.7 Å². The maximum absolute atomic E-state index is 12.4. The summed E-state index contributed by atoms with van der Waals surface area (Å²) in [6.45, 7) is 2.22. The van der Waals surface area contributed by atoms with Gasteiger partial charge in [0.1, 0.15) is 0 Å². The predicted molar refractivity (Wildman–Crippen MR) is 73.5 cm³/mol. The van der Waals surface area contributed by atoms with E-state index in [-0.39, 0.29) is 11.8 Å². The van der Waals surface area contributed by atoms with E-state index in [9.17, 15) is 4.79 Å². The highest BCUT2D eigenvalue weighted by molar-refractivity contribution is 6.06. The molecule has 0 saturated carbocycles. The van der Waals surface area contributed by atoms with Crippen LogP contribution in [0.1, 0.15) is 17.3 Å². The fraction of sp³-hybridized carbons (Fsp3) is 0.267. The largest absolute Gasteiger partial charge is 0.340 e. The topological polar surface area (TPSA) is 57.0 Å². The lowest BCUT2D eigenvalue weighted by molar-refractivity contribution is 0.0787. The number of fused-ring (bicyclic) bond motifs is 1. The maximum Gasteiger partial charge on any atom is 0.254 e. The van der Waals surface area contributed by atoms with Crippen molar-refractivity contribution in [3.05, 3.63) is 42.1 Å². The Labute approximate surface area is 112 Å². The van der Waals surface area contributed by atoms with Crippen molar-refractivity contribution >= 4 is 16.8 Å². The molecule has 0 aliphatic carbocycles. The van der Waals surface area contributed by atoms with Gasteiger partial charge in [-0.3, -0.25) is 9.78 Å². The van der Waals surface area contributed by atoms with E-state index in [1.165, 1.54) is 0 Å². The van der Waals surface area contributed by atoms with E-state index in [4.69, 9.17) is 5.26 Å². The molecular weight excluding hydrogens is 238 g/mol. The van der Waals surface area contributed by atoms with E-state index >= 15 is 0 Å². The minimum atomic E-state index is -0.179. The molecule has 0 spiro atoms. The normalized spacial score (nSPS) is 11.8. The minimum absolute atomic E-state index is 0.0827. The van der Waals surface area contributed by atoms with Crippen LogP contribution in [0.25, 0.3) is 10.9 Å². The third-order valence-electron chi connectivity index (χ3n) is 2.99. The summed E-state index contributed by atoms with van der Waals surface area (Å²) in [6, 6.07) is 11.3. The Morgan fingerprint density at radius 3 is 2.95 bits per heavy atom. The fourth-order valence-electron chi connectivity index (χ4n) is 2.03. The van der Waals surface area contributed by atoms with Crippen LogP contribution in [0.4, 0.5) is 0 Å². The summed E-state index contributed by atoms with van der Waals surface area (Å²) < 4.78 is 0. The molecule has 0 fully saturated rings. The van der Waals surface area contributed by atoms with E-state index in [2.05, 4.69) is 11.1 Å². The second-order valence-electron chi connectivity index (χ2n) is 4.59. The number of aromatic nitrogens is 1. The zero-order chi connectivity index (χ0) is 13.8. The molecule has 2 rings (SSSR count). The Balaban J connectivity index is 2.34. The van der Waals surface area contributed by atoms with Crippen LogP contribution in [0.5, 0.6) is 0 Å². The highest BCUT2D eigenvalue weighted by atomic mass is 16.2. The molecule has 0 N–H and O–H groups in total. The van der Waals surface area contributed by atoms with E-state index in [1.807, 2.05) is 24.3 Å². The molecule has 1 heterocycles. The first kappa shape index (κ1) is 13.0. The molecule has 1 amide bonds. The Morgan fingerprint density at radius 1 is 1.42 bits per heavy atom. The number of hydrogen-bond acceptors (Lipinski definition) is 3. The standard InChI is InChI=1S/C15H15N3O/c1-11(9-16)10-18(2)15(19)13-5-3-7-14-12(13)6-4-8-17-14/h3-8,11H,10H2,1-2H3. The summed E-state index contributed by atoms with van der Waals surface area (Å²) >= 11 is 0. The molecule has 1 atom stereocenters. The minimum Gasteiger partial charge on any atom is -0.340 e. The van der Waals surface area contributed by atoms with Crippen LogP contribution >= 0.6 is 0 Å². The van der Waals surface area contributed by atoms with E-state index in [0.717, 1.165) is 10.9 Å². The summed E-state index contributed by atoms with van der Waals surface area (Å²) in [5.74, 6) is -0.261. The Kier molecular flexibility index (Phi) is 3.76. The van der Waals surface area contributed by atoms with Crippen molar-refractivity contribution in [3.63, 3.8) is 0 Å². The number of carbonyl (C=O) groups is 1. The molecule has 4 heteroatoms. The van der Waals surface area contributed by atoms with Gasteiger partial charge in [-0.2, -0.15) is 5.26 Å². The summed E-state index contributed by atoms with van der Waals surface area (Å²) in [6.07, 6.45) is 1.71. The molecule has 4 nitrogen and oxygen atoms in total. The number of pyridine rings is 1. The Hall–Kier alpha value is -2.41. The average molecular weight is 253 g/mol. The third-order valence-corrected chi connectivity index (χ3v) is 2.99. The number of amides is 1. The SMILES string of the molecule is CC(C#N)CN(C)C(=O)c1cccc2ncccc12. The predicted octanol–water partition coefficient (Wildman–Crippen LogP) is 2.47. The number of rotatable bonds is 3. The first-order valence-corrected chi connectivity index (χ1v) is 6.12. The van der Waals surface area contributed by atoms with Crippen LogP contribution in [0.3, 0.4) is 0 Å². The van der Waals surface area contributed by atoms with Crippen molar-refractivity contribution in [2.45, 2.75) is 6.92 Å². The molecule has 0 bridgehead atoms. The molecule has 1 aromatic heterocycles. The second-order valence-corrected chi connectivity index (χ2v) is 4.59. The summed E-state index contributed by atoms with van der Waals surface area (Å²) in [5, 5.41) is 9.65. The van der Waals surface area contributed by atoms with Gasteiger partial charge < -0.3 is 4.90 Å². The van der Waals surface area contributed by atoms with E-state index < -0.39 is 0 Å². The van der Waals surface area contributed by atoms with Crippen LogP contribution < -0.4 is 0 Å². The van der Waals surface area contributed by atoms with Gasteiger partial charge in [0.2, 0.25) is 0 Å². The van der Waals surface area contributed by atoms with Crippen LogP contribution in [0.15, 0.2) is 36.5 Å². The lowest BCUT2D eigenvalue weighted by atomic mass is 10.1. The number of carbonyl (C=O) groups excluding carboxylic acids is 1. The maximum atomic E-state index is 12.4. The summed E-state index contributed by atoms with van der Waals surface area (Å²) in [5.41, 5.74) is 1.42. The van der Waals surface area contributed by atoms with E-state index in [0.29, 0.717) is 12.1 Å². The average Bonchev–Trinajstić information content (AvgIpc) is 2.45. The van der Waals surface area contributed by atoms with Crippen molar-refractivity contribution in [2.24, 2.45) is 5.92 Å². The van der Waals surface area contributed by atoms with Gasteiger partial charge in [-0.15, -0.1) is 0 Å². The Bertz CT molecular complexity index is 640. The fourth-order valence-corrected chi connectivity index (χ4v) is 2.03. The molecule has 1 aromatic carbocycles. The van der Waals surface area contributed by atoms with Crippen molar-refractivity contribution in [3.8, 4) is 6.07 Å². The van der Waals surface area contributed by atoms with E-state index in [1.54, 1.807) is 31.1 Å². The van der Waals surface area contributed by atoms with Crippen LogP contribution in [0, 0.1) is 17.2 Å². The summed E-state index contributed by atoms with van der Waals surface area (Å²) in [4.78, 5) is 18.2. The van der Waals surface area contributed by atoms with Crippen LogP contribution in [0.2, 0.25) is 0 Å². The van der Waals surface area contributed by atoms with Crippen molar-refractivity contribution < 1.29 is 4.79 Å². The smallest absolute Gasteiger partial charge is 0.254 e. The second kappa shape index (κ2) is 5.49. The van der Waals surface area contributed by atoms with Gasteiger partial charge in [-0.1, -0.05) is 12.1 Å². The van der Waals surface area contributed by atoms with Crippen LogP contribution in [-0.2, 0) is 0 Å². The van der Waals surface area contributed by atoms with Crippen molar-refractivity contribution in [2.75, 3.05) is 13.6 Å². The lowest BCUT2D eigenvalue weighted by Gasteiger charge is -2.19. The monoisotopic (exact) mass is 253 g/mol. The van der Waals surface area contributed by atoms with Crippen molar-refractivity contribution in [1.29, 1.82) is 5.26 Å². The molecule has 0 aliphatic heterocycles. The molecule has 19 heavy (non-hydrogen) atoms. The zero-order valence-corrected chi connectivity index (χ0v) is 11.0. The first-order valence-electron chi connectivity index (χ1n) is 6.12. The molecule has 0 saturated heterocycles. The number of hydrogen-bond donors (Lipinski definition) is 0. The summed E-state index contributed by atoms with van der Waals surface area (Å²) in [7, 11) is 1.71. The van der Waals surface area contributed by atoms with Gasteiger partial charge in [-0.05, 0) is 25.1 Å². The molecule has 1 unspecified atom stereocenters. The van der Waals surface area contributed by atoms with Gasteiger partial charge >= 0.3 is 0 Å². The first-order chi connectivity index (χ1) is 9.13. The molecule has 0 aliphatic rings. The van der Waals surface area contributed by atoms with Crippen molar-refractivity contribution in [1.82, 2.24) is 9.88 Å². The lowest BCUT2D eigenvalue weighted by Crippen LogP contribution is -2.30. The van der Waals surface area contributed by atoms with Gasteiger partial charge in [0.15, 0.2) is 0 Å². The highest BCUT2D eigenvalue weighted by Crippen LogP contribution is 2.18. The number of nitrogens with zero attached hydrogens (tertiary/aromatic N) is 3. The van der Waals surface area contributed by atoms with Gasteiger partial charge in [0.05, 0.1) is 17.5 Å². The third kappa shape index (κ3) is 2.71.